The molecule has 0 aliphatic carbocycles. The number of aryl methyl sites for hydroxylation is 1. The summed E-state index contributed by atoms with van der Waals surface area (Å²) < 4.78 is 35.1. The Balaban J connectivity index is 1.56. The summed E-state index contributed by atoms with van der Waals surface area (Å²) in [6.45, 7) is 4.99. The molecule has 2 aromatic carbocycles. The third-order valence-electron chi connectivity index (χ3n) is 6.22. The van der Waals surface area contributed by atoms with Crippen molar-refractivity contribution in [1.82, 2.24) is 14.7 Å². The second-order valence-electron chi connectivity index (χ2n) is 8.18. The van der Waals surface area contributed by atoms with Crippen molar-refractivity contribution in [3.05, 3.63) is 77.1 Å². The molecule has 5 nitrogen and oxygen atoms in total. The van der Waals surface area contributed by atoms with Crippen molar-refractivity contribution in [2.24, 2.45) is 7.05 Å². The zero-order valence-electron chi connectivity index (χ0n) is 18.5. The molecule has 0 N–H and O–H groups in total. The van der Waals surface area contributed by atoms with Crippen molar-refractivity contribution in [3.63, 3.8) is 0 Å². The van der Waals surface area contributed by atoms with Gasteiger partial charge in [-0.1, -0.05) is 18.2 Å². The third kappa shape index (κ3) is 4.43. The number of hydrogen-bond donors (Lipinski definition) is 0. The highest BCUT2D eigenvalue weighted by Crippen LogP contribution is 2.33. The van der Waals surface area contributed by atoms with E-state index in [0.717, 1.165) is 29.3 Å². The van der Waals surface area contributed by atoms with Gasteiger partial charge < -0.3 is 9.64 Å². The molecule has 0 radical (unpaired) electrons. The predicted octanol–water partition coefficient (Wildman–Crippen LogP) is 5.06. The van der Waals surface area contributed by atoms with Gasteiger partial charge in [-0.15, -0.1) is 0 Å². The molecule has 32 heavy (non-hydrogen) atoms. The van der Waals surface area contributed by atoms with Crippen LogP contribution in [0.25, 0.3) is 11.1 Å². The molecule has 0 bridgehead atoms. The van der Waals surface area contributed by atoms with Crippen LogP contribution in [0.2, 0.25) is 0 Å². The summed E-state index contributed by atoms with van der Waals surface area (Å²) in [5.41, 5.74) is 3.59. The molecule has 0 unspecified atom stereocenters. The summed E-state index contributed by atoms with van der Waals surface area (Å²) in [4.78, 5) is 15.1. The van der Waals surface area contributed by atoms with E-state index in [-0.39, 0.29) is 18.1 Å². The Morgan fingerprint density at radius 1 is 1.19 bits per heavy atom. The summed E-state index contributed by atoms with van der Waals surface area (Å²) in [7, 11) is 1.82. The monoisotopic (exact) mass is 439 g/mol. The van der Waals surface area contributed by atoms with Gasteiger partial charge in [0.2, 0.25) is 0 Å². The molecular weight excluding hydrogens is 412 g/mol. The van der Waals surface area contributed by atoms with Gasteiger partial charge in [-0.2, -0.15) is 5.10 Å². The van der Waals surface area contributed by atoms with Crippen LogP contribution in [0.15, 0.2) is 48.7 Å². The van der Waals surface area contributed by atoms with E-state index < -0.39 is 11.6 Å². The van der Waals surface area contributed by atoms with Crippen LogP contribution in [0.3, 0.4) is 0 Å². The summed E-state index contributed by atoms with van der Waals surface area (Å²) in [5, 5.41) is 4.20. The van der Waals surface area contributed by atoms with Gasteiger partial charge in [0.05, 0.1) is 17.9 Å². The fourth-order valence-electron chi connectivity index (χ4n) is 4.36. The van der Waals surface area contributed by atoms with E-state index in [2.05, 4.69) is 5.10 Å². The molecule has 2 atom stereocenters. The number of ether oxygens (including phenoxy) is 1. The van der Waals surface area contributed by atoms with Gasteiger partial charge in [0.1, 0.15) is 11.6 Å². The molecule has 1 amide bonds. The highest BCUT2D eigenvalue weighted by atomic mass is 19.1. The second kappa shape index (κ2) is 9.20. The van der Waals surface area contributed by atoms with Gasteiger partial charge in [0.15, 0.2) is 0 Å². The van der Waals surface area contributed by atoms with E-state index in [1.807, 2.05) is 50.1 Å². The molecule has 1 aliphatic rings. The lowest BCUT2D eigenvalue weighted by Crippen LogP contribution is -2.44. The van der Waals surface area contributed by atoms with E-state index in [1.165, 1.54) is 12.1 Å². The van der Waals surface area contributed by atoms with Crippen molar-refractivity contribution in [2.75, 3.05) is 13.2 Å². The maximum atomic E-state index is 13.7. The minimum Gasteiger partial charge on any atom is -0.373 e. The predicted molar refractivity (Wildman–Crippen MR) is 118 cm³/mol. The second-order valence-corrected chi connectivity index (χ2v) is 8.18. The molecule has 1 saturated heterocycles. The molecule has 7 heteroatoms. The first-order valence-corrected chi connectivity index (χ1v) is 10.8. The Bertz CT molecular complexity index is 1110. The molecule has 1 aliphatic heterocycles. The van der Waals surface area contributed by atoms with Crippen LogP contribution in [-0.2, 0) is 11.8 Å². The van der Waals surface area contributed by atoms with Gasteiger partial charge in [0.25, 0.3) is 5.91 Å². The van der Waals surface area contributed by atoms with Crippen LogP contribution in [0, 0.1) is 18.6 Å². The normalized spacial score (nSPS) is 18.5. The molecule has 0 saturated carbocycles. The number of benzene rings is 2. The number of carbonyl (C=O) groups is 1. The van der Waals surface area contributed by atoms with E-state index in [1.54, 1.807) is 10.9 Å². The van der Waals surface area contributed by atoms with Crippen molar-refractivity contribution in [1.29, 1.82) is 0 Å². The number of nitrogens with zero attached hydrogens (tertiary/aromatic N) is 3. The molecule has 0 spiro atoms. The smallest absolute Gasteiger partial charge is 0.257 e. The van der Waals surface area contributed by atoms with Gasteiger partial charge >= 0.3 is 0 Å². The number of halogens is 2. The number of aromatic nitrogens is 2. The third-order valence-corrected chi connectivity index (χ3v) is 6.22. The Morgan fingerprint density at radius 2 is 1.94 bits per heavy atom. The lowest BCUT2D eigenvalue weighted by atomic mass is 9.93. The summed E-state index contributed by atoms with van der Waals surface area (Å²) in [6, 6.07) is 11.1. The summed E-state index contributed by atoms with van der Waals surface area (Å²) in [5.74, 6) is -1.24. The molecular formula is C25H27F2N3O2. The minimum atomic E-state index is -0.609. The minimum absolute atomic E-state index is 0.0206. The average molecular weight is 440 g/mol. The van der Waals surface area contributed by atoms with Crippen LogP contribution >= 0.6 is 0 Å². The fraction of sp³-hybridized carbons (Fsp3) is 0.360. The number of amides is 1. The van der Waals surface area contributed by atoms with Crippen molar-refractivity contribution in [2.45, 2.75) is 38.8 Å². The largest absolute Gasteiger partial charge is 0.373 e. The zero-order valence-corrected chi connectivity index (χ0v) is 18.5. The molecule has 1 aromatic heterocycles. The van der Waals surface area contributed by atoms with E-state index in [0.29, 0.717) is 30.7 Å². The van der Waals surface area contributed by atoms with Gasteiger partial charge in [0, 0.05) is 38.0 Å². The van der Waals surface area contributed by atoms with Crippen molar-refractivity contribution >= 4 is 5.91 Å². The van der Waals surface area contributed by atoms with Crippen LogP contribution in [0.5, 0.6) is 0 Å². The first-order valence-electron chi connectivity index (χ1n) is 10.8. The van der Waals surface area contributed by atoms with Crippen LogP contribution in [-0.4, -0.2) is 39.8 Å². The van der Waals surface area contributed by atoms with Crippen molar-refractivity contribution in [3.8, 4) is 11.1 Å². The Kier molecular flexibility index (Phi) is 6.37. The standard InChI is InChI=1S/C25H27F2N3O2/c1-4-30(25(31)23-15-28-29(3)16(23)2)22-8-9-32-24(14-22)18-7-5-6-17(10-18)19-11-20(26)13-21(27)12-19/h5-7,10-13,15,22,24H,4,8-9,14H2,1-3H3/t22-,24+/m0/s1. The molecule has 168 valence electrons. The lowest BCUT2D eigenvalue weighted by Gasteiger charge is -2.37. The maximum Gasteiger partial charge on any atom is 0.257 e. The van der Waals surface area contributed by atoms with E-state index >= 15 is 0 Å². The average Bonchev–Trinajstić information content (AvgIpc) is 3.12. The number of hydrogen-bond acceptors (Lipinski definition) is 3. The highest BCUT2D eigenvalue weighted by Gasteiger charge is 2.32. The maximum absolute atomic E-state index is 13.7. The van der Waals surface area contributed by atoms with Crippen LogP contribution in [0.1, 0.15) is 47.5 Å². The Hall–Kier alpha value is -3.06. The fourth-order valence-corrected chi connectivity index (χ4v) is 4.36. The van der Waals surface area contributed by atoms with Gasteiger partial charge in [-0.05, 0) is 61.6 Å². The lowest BCUT2D eigenvalue weighted by molar-refractivity contribution is -0.0231. The summed E-state index contributed by atoms with van der Waals surface area (Å²) in [6.07, 6.45) is 2.83. The van der Waals surface area contributed by atoms with Gasteiger partial charge in [-0.3, -0.25) is 9.48 Å². The first kappa shape index (κ1) is 22.1. The van der Waals surface area contributed by atoms with E-state index in [4.69, 9.17) is 4.74 Å². The Labute approximate surface area is 186 Å². The number of rotatable bonds is 5. The Morgan fingerprint density at radius 3 is 2.59 bits per heavy atom. The van der Waals surface area contributed by atoms with Crippen molar-refractivity contribution < 1.29 is 18.3 Å². The molecule has 4 rings (SSSR count). The topological polar surface area (TPSA) is 47.4 Å². The first-order chi connectivity index (χ1) is 15.4. The van der Waals surface area contributed by atoms with Crippen LogP contribution < -0.4 is 0 Å². The summed E-state index contributed by atoms with van der Waals surface area (Å²) >= 11 is 0. The quantitative estimate of drug-likeness (QED) is 0.559. The number of carbonyl (C=O) groups excluding carboxylic acids is 1. The van der Waals surface area contributed by atoms with Gasteiger partial charge in [-0.25, -0.2) is 8.78 Å². The van der Waals surface area contributed by atoms with E-state index in [9.17, 15) is 13.6 Å². The molecule has 2 heterocycles. The molecule has 3 aromatic rings. The highest BCUT2D eigenvalue weighted by molar-refractivity contribution is 5.95. The zero-order chi connectivity index (χ0) is 22.8. The molecule has 1 fully saturated rings. The SMILES string of the molecule is CCN(C(=O)c1cnn(C)c1C)[C@H]1CCO[C@@H](c2cccc(-c3cc(F)cc(F)c3)c2)C1. The van der Waals surface area contributed by atoms with Crippen LogP contribution in [0.4, 0.5) is 8.78 Å².